The largest absolute Gasteiger partial charge is 0.295 e. The van der Waals surface area contributed by atoms with Crippen LogP contribution in [0.15, 0.2) is 48.6 Å². The van der Waals surface area contributed by atoms with Gasteiger partial charge >= 0.3 is 0 Å². The Hall–Kier alpha value is -1.70. The van der Waals surface area contributed by atoms with E-state index in [0.29, 0.717) is 11.8 Å². The van der Waals surface area contributed by atoms with Gasteiger partial charge in [-0.3, -0.25) is 9.59 Å². The maximum atomic E-state index is 10.9. The lowest BCUT2D eigenvalue weighted by atomic mass is 9.66. The maximum absolute atomic E-state index is 10.9. The summed E-state index contributed by atoms with van der Waals surface area (Å²) in [5.41, 5.74) is 3.08. The first-order chi connectivity index (χ1) is 12.9. The second-order valence-electron chi connectivity index (χ2n) is 9.90. The molecule has 0 saturated heterocycles. The zero-order valence-electron chi connectivity index (χ0n) is 18.9. The molecule has 0 N–H and O–H groups in total. The highest BCUT2D eigenvalue weighted by molar-refractivity contribution is 5.87. The van der Waals surface area contributed by atoms with Crippen LogP contribution in [-0.2, 0) is 9.59 Å². The van der Waals surface area contributed by atoms with Gasteiger partial charge in [0.25, 0.3) is 0 Å². The van der Waals surface area contributed by atoms with Crippen molar-refractivity contribution in [2.24, 2.45) is 22.7 Å². The molecule has 2 atom stereocenters. The zero-order chi connectivity index (χ0) is 21.5. The van der Waals surface area contributed by atoms with E-state index in [1.165, 1.54) is 36.8 Å². The van der Waals surface area contributed by atoms with Crippen molar-refractivity contribution >= 4 is 11.6 Å². The van der Waals surface area contributed by atoms with Gasteiger partial charge in [0.05, 0.1) is 0 Å². The van der Waals surface area contributed by atoms with Crippen LogP contribution in [0.2, 0.25) is 0 Å². The fraction of sp³-hybridized carbons (Fsp3) is 0.615. The van der Waals surface area contributed by atoms with E-state index in [1.807, 2.05) is 12.2 Å². The molecule has 2 aliphatic rings. The third-order valence-electron chi connectivity index (χ3n) is 6.25. The van der Waals surface area contributed by atoms with Crippen LogP contribution in [0.4, 0.5) is 0 Å². The Morgan fingerprint density at radius 1 is 0.786 bits per heavy atom. The summed E-state index contributed by atoms with van der Waals surface area (Å²) < 4.78 is 0. The monoisotopic (exact) mass is 384 g/mol. The second kappa shape index (κ2) is 10.2. The lowest BCUT2D eigenvalue weighted by Crippen LogP contribution is -2.28. The summed E-state index contributed by atoms with van der Waals surface area (Å²) in [5.74, 6) is 0.999. The molecule has 156 valence electrons. The first-order valence-corrected chi connectivity index (χ1v) is 10.6. The minimum atomic E-state index is 0.124. The van der Waals surface area contributed by atoms with Gasteiger partial charge < -0.3 is 0 Å². The molecule has 0 radical (unpaired) electrons. The molecule has 2 unspecified atom stereocenters. The molecule has 0 bridgehead atoms. The molecule has 0 amide bonds. The average Bonchev–Trinajstić information content (AvgIpc) is 2.52. The Balaban J connectivity index is 0.000000280. The van der Waals surface area contributed by atoms with Crippen LogP contribution in [0.3, 0.4) is 0 Å². The Morgan fingerprint density at radius 3 is 1.36 bits per heavy atom. The second-order valence-corrected chi connectivity index (χ2v) is 9.90. The normalized spacial score (nSPS) is 26.8. The van der Waals surface area contributed by atoms with E-state index in [0.717, 1.165) is 12.8 Å². The lowest BCUT2D eigenvalue weighted by Gasteiger charge is -2.38. The van der Waals surface area contributed by atoms with Crippen molar-refractivity contribution in [1.29, 1.82) is 0 Å². The minimum Gasteiger partial charge on any atom is -0.295 e. The molecule has 0 aliphatic heterocycles. The highest BCUT2D eigenvalue weighted by atomic mass is 16.1. The molecule has 0 spiro atoms. The number of allylic oxidation sites excluding steroid dienone is 6. The Labute approximate surface area is 172 Å². The molecule has 0 aromatic heterocycles. The van der Waals surface area contributed by atoms with E-state index in [2.05, 4.69) is 40.9 Å². The van der Waals surface area contributed by atoms with Gasteiger partial charge in [-0.2, -0.15) is 0 Å². The predicted molar refractivity (Wildman–Crippen MR) is 120 cm³/mol. The summed E-state index contributed by atoms with van der Waals surface area (Å²) in [6.07, 6.45) is 14.6. The van der Waals surface area contributed by atoms with Crippen molar-refractivity contribution in [3.8, 4) is 0 Å². The summed E-state index contributed by atoms with van der Waals surface area (Å²) >= 11 is 0. The van der Waals surface area contributed by atoms with E-state index in [-0.39, 0.29) is 22.4 Å². The van der Waals surface area contributed by atoms with Gasteiger partial charge in [-0.15, -0.1) is 0 Å². The van der Waals surface area contributed by atoms with Crippen molar-refractivity contribution in [1.82, 2.24) is 0 Å². The summed E-state index contributed by atoms with van der Waals surface area (Å²) in [7, 11) is 0. The van der Waals surface area contributed by atoms with Crippen LogP contribution in [0, 0.1) is 22.7 Å². The number of carbonyl (C=O) groups excluding carboxylic acids is 2. The molecule has 0 heterocycles. The van der Waals surface area contributed by atoms with E-state index in [4.69, 9.17) is 0 Å². The molecule has 2 aliphatic carbocycles. The zero-order valence-corrected chi connectivity index (χ0v) is 18.9. The van der Waals surface area contributed by atoms with Crippen LogP contribution in [0.5, 0.6) is 0 Å². The maximum Gasteiger partial charge on any atom is 0.152 e. The van der Waals surface area contributed by atoms with Gasteiger partial charge in [-0.1, -0.05) is 64.2 Å². The number of ketones is 2. The van der Waals surface area contributed by atoms with Crippen LogP contribution in [-0.4, -0.2) is 11.6 Å². The molecule has 0 aromatic carbocycles. The smallest absolute Gasteiger partial charge is 0.152 e. The predicted octanol–water partition coefficient (Wildman–Crippen LogP) is 7.03. The van der Waals surface area contributed by atoms with Gasteiger partial charge in [-0.05, 0) is 75.4 Å². The summed E-state index contributed by atoms with van der Waals surface area (Å²) in [6.45, 7) is 20.4. The third kappa shape index (κ3) is 7.37. The number of hydrogen-bond acceptors (Lipinski definition) is 2. The van der Waals surface area contributed by atoms with Gasteiger partial charge in [-0.25, -0.2) is 0 Å². The number of rotatable bonds is 4. The van der Waals surface area contributed by atoms with E-state index in [9.17, 15) is 9.59 Å². The summed E-state index contributed by atoms with van der Waals surface area (Å²) in [4.78, 5) is 21.8. The SMILES string of the molecule is C=C1CCCC(C)(C)C1/C=C/C(C)=O.C=C1CCCC(C)(C)C1/C=C/C(C)=O. The molecule has 2 saturated carbocycles. The number of hydrogen-bond donors (Lipinski definition) is 0. The molecular formula is C26H40O2. The topological polar surface area (TPSA) is 34.1 Å². The number of carbonyl (C=O) groups is 2. The quantitative estimate of drug-likeness (QED) is 0.385. The highest BCUT2D eigenvalue weighted by Gasteiger charge is 2.33. The first kappa shape index (κ1) is 24.3. The van der Waals surface area contributed by atoms with Gasteiger partial charge in [0.15, 0.2) is 11.6 Å². The van der Waals surface area contributed by atoms with Crippen LogP contribution in [0.1, 0.15) is 80.1 Å². The molecule has 2 fully saturated rings. The first-order valence-electron chi connectivity index (χ1n) is 10.6. The van der Waals surface area contributed by atoms with Crippen molar-refractivity contribution in [2.75, 3.05) is 0 Å². The van der Waals surface area contributed by atoms with Crippen LogP contribution < -0.4 is 0 Å². The summed E-state index contributed by atoms with van der Waals surface area (Å²) in [6, 6.07) is 0. The van der Waals surface area contributed by atoms with Crippen molar-refractivity contribution in [3.05, 3.63) is 48.6 Å². The van der Waals surface area contributed by atoms with Gasteiger partial charge in [0.1, 0.15) is 0 Å². The molecular weight excluding hydrogens is 344 g/mol. The standard InChI is InChI=1S/2C13H20O/c2*1-10-6-5-9-13(3,4)12(10)8-7-11(2)14/h2*7-8,12H,1,5-6,9H2,2-4H3/b2*8-7+. The Bertz CT molecular complexity index is 600. The molecule has 2 heteroatoms. The molecule has 2 nitrogen and oxygen atoms in total. The van der Waals surface area contributed by atoms with Gasteiger partial charge in [0, 0.05) is 11.8 Å². The Morgan fingerprint density at radius 2 is 1.11 bits per heavy atom. The third-order valence-corrected chi connectivity index (χ3v) is 6.25. The van der Waals surface area contributed by atoms with Crippen LogP contribution in [0.25, 0.3) is 0 Å². The Kier molecular flexibility index (Phi) is 8.85. The molecule has 2 rings (SSSR count). The van der Waals surface area contributed by atoms with Crippen molar-refractivity contribution in [3.63, 3.8) is 0 Å². The van der Waals surface area contributed by atoms with Crippen LogP contribution >= 0.6 is 0 Å². The van der Waals surface area contributed by atoms with E-state index in [1.54, 1.807) is 26.0 Å². The van der Waals surface area contributed by atoms with E-state index >= 15 is 0 Å². The fourth-order valence-corrected chi connectivity index (χ4v) is 4.53. The molecule has 28 heavy (non-hydrogen) atoms. The fourth-order valence-electron chi connectivity index (χ4n) is 4.53. The lowest BCUT2D eigenvalue weighted by molar-refractivity contribution is -0.113. The average molecular weight is 385 g/mol. The highest BCUT2D eigenvalue weighted by Crippen LogP contribution is 2.44. The van der Waals surface area contributed by atoms with Crippen molar-refractivity contribution in [2.45, 2.75) is 80.1 Å². The van der Waals surface area contributed by atoms with Gasteiger partial charge in [0.2, 0.25) is 0 Å². The summed E-state index contributed by atoms with van der Waals surface area (Å²) in [5, 5.41) is 0. The molecule has 0 aromatic rings. The van der Waals surface area contributed by atoms with E-state index < -0.39 is 0 Å². The minimum absolute atomic E-state index is 0.124. The van der Waals surface area contributed by atoms with Crippen molar-refractivity contribution < 1.29 is 9.59 Å².